The summed E-state index contributed by atoms with van der Waals surface area (Å²) in [5.74, 6) is -0.393. The summed E-state index contributed by atoms with van der Waals surface area (Å²) in [5.41, 5.74) is 1.52. The van der Waals surface area contributed by atoms with E-state index in [0.717, 1.165) is 37.1 Å². The topological polar surface area (TPSA) is 42.0 Å². The molecule has 3 fully saturated rings. The number of anilines is 1. The van der Waals surface area contributed by atoms with Crippen molar-refractivity contribution < 1.29 is 18.5 Å². The molecule has 2 saturated heterocycles. The van der Waals surface area contributed by atoms with Gasteiger partial charge in [0.25, 0.3) is 0 Å². The van der Waals surface area contributed by atoms with Crippen molar-refractivity contribution in [2.45, 2.75) is 64.3 Å². The highest BCUT2D eigenvalue weighted by Gasteiger charge is 2.53. The summed E-state index contributed by atoms with van der Waals surface area (Å²) in [6, 6.07) is 8.34. The molecule has 3 atom stereocenters. The highest BCUT2D eigenvalue weighted by molar-refractivity contribution is 6.62. The van der Waals surface area contributed by atoms with Crippen LogP contribution >= 0.6 is 0 Å². The molecule has 7 heteroatoms. The summed E-state index contributed by atoms with van der Waals surface area (Å²) in [5, 5.41) is 0. The SMILES string of the molecule is CCCC1(C)OB(c2ccc(N3CCN(C(=O)[C@@H]4C[C@@H]4F)CC3)cc2)OC1(C)C. The van der Waals surface area contributed by atoms with E-state index in [1.165, 1.54) is 0 Å². The van der Waals surface area contributed by atoms with E-state index >= 15 is 0 Å². The summed E-state index contributed by atoms with van der Waals surface area (Å²) >= 11 is 0. The number of amides is 1. The van der Waals surface area contributed by atoms with E-state index in [-0.39, 0.29) is 30.1 Å². The minimum atomic E-state index is -0.919. The number of piperazine rings is 1. The van der Waals surface area contributed by atoms with Crippen LogP contribution in [0.2, 0.25) is 0 Å². The van der Waals surface area contributed by atoms with Gasteiger partial charge in [-0.2, -0.15) is 0 Å². The van der Waals surface area contributed by atoms with Crippen molar-refractivity contribution in [2.24, 2.45) is 5.92 Å². The summed E-state index contributed by atoms with van der Waals surface area (Å²) < 4.78 is 25.7. The number of hydrogen-bond acceptors (Lipinski definition) is 4. The smallest absolute Gasteiger partial charge is 0.399 e. The Morgan fingerprint density at radius 2 is 1.76 bits per heavy atom. The van der Waals surface area contributed by atoms with E-state index in [0.29, 0.717) is 19.5 Å². The first kappa shape index (κ1) is 20.7. The van der Waals surface area contributed by atoms with Crippen LogP contribution in [0.1, 0.15) is 47.0 Å². The van der Waals surface area contributed by atoms with Crippen molar-refractivity contribution in [2.75, 3.05) is 31.1 Å². The first-order valence-electron chi connectivity index (χ1n) is 10.9. The van der Waals surface area contributed by atoms with Crippen LogP contribution in [0.5, 0.6) is 0 Å². The Kier molecular flexibility index (Phi) is 5.40. The predicted molar refractivity (Wildman–Crippen MR) is 113 cm³/mol. The van der Waals surface area contributed by atoms with Crippen molar-refractivity contribution >= 4 is 24.2 Å². The lowest BCUT2D eigenvalue weighted by Gasteiger charge is -2.36. The molecule has 0 aromatic heterocycles. The summed E-state index contributed by atoms with van der Waals surface area (Å²) in [4.78, 5) is 16.3. The normalized spacial score (nSPS) is 31.3. The Morgan fingerprint density at radius 3 is 2.31 bits per heavy atom. The lowest BCUT2D eigenvalue weighted by atomic mass is 9.79. The minimum Gasteiger partial charge on any atom is -0.399 e. The van der Waals surface area contributed by atoms with Gasteiger partial charge < -0.3 is 19.1 Å². The molecule has 1 unspecified atom stereocenters. The van der Waals surface area contributed by atoms with Gasteiger partial charge in [0.05, 0.1) is 17.1 Å². The van der Waals surface area contributed by atoms with Crippen molar-refractivity contribution in [3.63, 3.8) is 0 Å². The molecule has 5 nitrogen and oxygen atoms in total. The summed E-state index contributed by atoms with van der Waals surface area (Å²) in [6.07, 6.45) is 1.50. The molecule has 0 bridgehead atoms. The zero-order valence-corrected chi connectivity index (χ0v) is 18.0. The van der Waals surface area contributed by atoms with E-state index in [2.05, 4.69) is 56.9 Å². The van der Waals surface area contributed by atoms with Crippen LogP contribution in [0.25, 0.3) is 0 Å². The largest absolute Gasteiger partial charge is 0.494 e. The first-order valence-corrected chi connectivity index (χ1v) is 10.9. The van der Waals surface area contributed by atoms with E-state index in [4.69, 9.17) is 9.31 Å². The third-order valence-corrected chi connectivity index (χ3v) is 6.92. The van der Waals surface area contributed by atoms with Gasteiger partial charge in [-0.15, -0.1) is 0 Å². The lowest BCUT2D eigenvalue weighted by molar-refractivity contribution is -0.133. The fraction of sp³-hybridized carbons (Fsp3) is 0.682. The number of alkyl halides is 1. The molecule has 29 heavy (non-hydrogen) atoms. The van der Waals surface area contributed by atoms with Crippen LogP contribution < -0.4 is 10.4 Å². The van der Waals surface area contributed by atoms with Gasteiger partial charge in [0.1, 0.15) is 6.17 Å². The van der Waals surface area contributed by atoms with Gasteiger partial charge in [0.2, 0.25) is 5.91 Å². The Balaban J connectivity index is 1.36. The molecule has 3 aliphatic rings. The number of carbonyl (C=O) groups is 1. The molecule has 1 saturated carbocycles. The number of halogens is 1. The molecule has 1 amide bonds. The molecule has 0 N–H and O–H groups in total. The fourth-order valence-corrected chi connectivity index (χ4v) is 4.45. The van der Waals surface area contributed by atoms with Gasteiger partial charge in [-0.1, -0.05) is 25.5 Å². The zero-order valence-electron chi connectivity index (χ0n) is 18.0. The van der Waals surface area contributed by atoms with E-state index < -0.39 is 6.17 Å². The number of nitrogens with zero attached hydrogens (tertiary/aromatic N) is 2. The molecule has 2 heterocycles. The van der Waals surface area contributed by atoms with Crippen LogP contribution in [0.15, 0.2) is 24.3 Å². The molecule has 0 radical (unpaired) electrons. The van der Waals surface area contributed by atoms with Gasteiger partial charge in [0.15, 0.2) is 0 Å². The molecule has 158 valence electrons. The van der Waals surface area contributed by atoms with Crippen LogP contribution in [0, 0.1) is 5.92 Å². The Bertz CT molecular complexity index is 751. The second kappa shape index (κ2) is 7.58. The Hall–Kier alpha value is -1.60. The number of hydrogen-bond donors (Lipinski definition) is 0. The van der Waals surface area contributed by atoms with E-state index in [1.807, 2.05) is 4.90 Å². The average molecular weight is 402 g/mol. The van der Waals surface area contributed by atoms with Gasteiger partial charge >= 0.3 is 7.12 Å². The molecule has 4 rings (SSSR count). The maximum Gasteiger partial charge on any atom is 0.494 e. The predicted octanol–water partition coefficient (Wildman–Crippen LogP) is 2.77. The molecular formula is C22H32BFN2O3. The lowest BCUT2D eigenvalue weighted by Crippen LogP contribution is -2.49. The van der Waals surface area contributed by atoms with Crippen molar-refractivity contribution in [3.05, 3.63) is 24.3 Å². The van der Waals surface area contributed by atoms with Crippen molar-refractivity contribution in [1.82, 2.24) is 4.90 Å². The molecule has 1 aromatic rings. The standard InChI is InChI=1S/C22H32BFN2O3/c1-5-10-22(4)21(2,3)28-23(29-22)16-6-8-17(9-7-16)25-11-13-26(14-12-25)20(27)18-15-19(18)24/h6-9,18-19H,5,10-15H2,1-4H3/t18-,19+,22?/m1/s1. The van der Waals surface area contributed by atoms with Gasteiger partial charge in [-0.05, 0) is 51.2 Å². The maximum atomic E-state index is 13.1. The maximum absolute atomic E-state index is 13.1. The first-order chi connectivity index (χ1) is 13.7. The monoisotopic (exact) mass is 402 g/mol. The molecule has 1 aromatic carbocycles. The molecular weight excluding hydrogens is 370 g/mol. The highest BCUT2D eigenvalue weighted by atomic mass is 19.1. The Labute approximate surface area is 173 Å². The third-order valence-electron chi connectivity index (χ3n) is 6.92. The highest BCUT2D eigenvalue weighted by Crippen LogP contribution is 2.40. The van der Waals surface area contributed by atoms with Crippen LogP contribution in [0.3, 0.4) is 0 Å². The third kappa shape index (κ3) is 3.91. The van der Waals surface area contributed by atoms with Gasteiger partial charge in [-0.3, -0.25) is 4.79 Å². The summed E-state index contributed by atoms with van der Waals surface area (Å²) in [6.45, 7) is 11.4. The Morgan fingerprint density at radius 1 is 1.14 bits per heavy atom. The van der Waals surface area contributed by atoms with Gasteiger partial charge in [0, 0.05) is 31.9 Å². The minimum absolute atomic E-state index is 0.0132. The quantitative estimate of drug-likeness (QED) is 0.711. The number of rotatable bonds is 5. The van der Waals surface area contributed by atoms with Crippen LogP contribution in [0.4, 0.5) is 10.1 Å². The van der Waals surface area contributed by atoms with Crippen LogP contribution in [-0.4, -0.2) is 61.5 Å². The molecule has 2 aliphatic heterocycles. The molecule has 1 aliphatic carbocycles. The number of carbonyl (C=O) groups excluding carboxylic acids is 1. The second-order valence-corrected chi connectivity index (χ2v) is 9.32. The van der Waals surface area contributed by atoms with Crippen molar-refractivity contribution in [1.29, 1.82) is 0 Å². The second-order valence-electron chi connectivity index (χ2n) is 9.32. The number of benzene rings is 1. The van der Waals surface area contributed by atoms with Gasteiger partial charge in [-0.25, -0.2) is 4.39 Å². The average Bonchev–Trinajstić information content (AvgIpc) is 3.38. The van der Waals surface area contributed by atoms with E-state index in [1.54, 1.807) is 0 Å². The summed E-state index contributed by atoms with van der Waals surface area (Å²) in [7, 11) is -0.350. The van der Waals surface area contributed by atoms with E-state index in [9.17, 15) is 9.18 Å². The molecule has 0 spiro atoms. The zero-order chi connectivity index (χ0) is 20.8. The fourth-order valence-electron chi connectivity index (χ4n) is 4.45. The van der Waals surface area contributed by atoms with Crippen molar-refractivity contribution in [3.8, 4) is 0 Å². The van der Waals surface area contributed by atoms with Crippen LogP contribution in [-0.2, 0) is 14.1 Å².